The smallest absolute Gasteiger partial charge is 0.0445 e. The van der Waals surface area contributed by atoms with Crippen molar-refractivity contribution >= 4 is 17.3 Å². The molecule has 0 bridgehead atoms. The highest BCUT2D eigenvalue weighted by Gasteiger charge is 2.23. The summed E-state index contributed by atoms with van der Waals surface area (Å²) in [7, 11) is 0. The van der Waals surface area contributed by atoms with Crippen molar-refractivity contribution in [3.05, 3.63) is 24.0 Å². The summed E-state index contributed by atoms with van der Waals surface area (Å²) in [6.45, 7) is 8.53. The molecule has 84 valence electrons. The van der Waals surface area contributed by atoms with E-state index in [0.717, 1.165) is 11.4 Å². The third-order valence-electron chi connectivity index (χ3n) is 2.44. The minimum Gasteiger partial charge on any atom is -0.380 e. The van der Waals surface area contributed by atoms with Crippen molar-refractivity contribution in [1.82, 2.24) is 4.98 Å². The number of halogens is 1. The average Bonchev–Trinajstić information content (AvgIpc) is 2.12. The predicted octanol–water partition coefficient (Wildman–Crippen LogP) is 3.46. The molecule has 0 amide bonds. The van der Waals surface area contributed by atoms with E-state index in [4.69, 9.17) is 11.6 Å². The molecule has 1 atom stereocenters. The van der Waals surface area contributed by atoms with Crippen LogP contribution in [0.15, 0.2) is 18.3 Å². The first-order chi connectivity index (χ1) is 6.93. The fourth-order valence-corrected chi connectivity index (χ4v) is 1.86. The van der Waals surface area contributed by atoms with Crippen LogP contribution in [-0.4, -0.2) is 16.9 Å². The summed E-state index contributed by atoms with van der Waals surface area (Å²) in [5.74, 6) is 0.602. The predicted molar refractivity (Wildman–Crippen MR) is 66.6 cm³/mol. The van der Waals surface area contributed by atoms with E-state index in [-0.39, 0.29) is 11.5 Å². The van der Waals surface area contributed by atoms with Crippen molar-refractivity contribution in [2.45, 2.75) is 33.7 Å². The fraction of sp³-hybridized carbons (Fsp3) is 0.583. The van der Waals surface area contributed by atoms with Gasteiger partial charge in [0.1, 0.15) is 0 Å². The van der Waals surface area contributed by atoms with Gasteiger partial charge in [-0.15, -0.1) is 11.6 Å². The lowest BCUT2D eigenvalue weighted by Crippen LogP contribution is -2.35. The number of aryl methyl sites for hydroxylation is 1. The summed E-state index contributed by atoms with van der Waals surface area (Å²) in [4.78, 5) is 4.16. The number of aromatic nitrogens is 1. The molecule has 0 aromatic carbocycles. The molecule has 1 heterocycles. The largest absolute Gasteiger partial charge is 0.380 e. The minimum absolute atomic E-state index is 0.152. The van der Waals surface area contributed by atoms with Crippen molar-refractivity contribution in [3.63, 3.8) is 0 Å². The SMILES string of the molecule is Cc1cc(NC(CCl)C(C)(C)C)ccn1. The van der Waals surface area contributed by atoms with Gasteiger partial charge in [-0.05, 0) is 24.5 Å². The topological polar surface area (TPSA) is 24.9 Å². The molecule has 0 aliphatic carbocycles. The van der Waals surface area contributed by atoms with E-state index in [1.165, 1.54) is 0 Å². The van der Waals surface area contributed by atoms with Crippen LogP contribution in [0.5, 0.6) is 0 Å². The van der Waals surface area contributed by atoms with E-state index in [1.807, 2.05) is 25.3 Å². The summed E-state index contributed by atoms with van der Waals surface area (Å²) in [5.41, 5.74) is 2.25. The third-order valence-corrected chi connectivity index (χ3v) is 2.75. The zero-order valence-corrected chi connectivity index (χ0v) is 10.6. The Morgan fingerprint density at radius 1 is 1.47 bits per heavy atom. The standard InChI is InChI=1S/C12H19ClN2/c1-9-7-10(5-6-14-9)15-11(8-13)12(2,3)4/h5-7,11H,8H2,1-4H3,(H,14,15). The van der Waals surface area contributed by atoms with E-state index in [9.17, 15) is 0 Å². The number of pyridine rings is 1. The molecular weight excluding hydrogens is 208 g/mol. The number of nitrogens with one attached hydrogen (secondary N) is 1. The van der Waals surface area contributed by atoms with Crippen LogP contribution in [-0.2, 0) is 0 Å². The first-order valence-corrected chi connectivity index (χ1v) is 5.72. The quantitative estimate of drug-likeness (QED) is 0.799. The van der Waals surface area contributed by atoms with Gasteiger partial charge in [-0.2, -0.15) is 0 Å². The van der Waals surface area contributed by atoms with Crippen LogP contribution >= 0.6 is 11.6 Å². The Bertz CT molecular complexity index is 318. The molecule has 1 rings (SSSR count). The molecule has 0 radical (unpaired) electrons. The Hall–Kier alpha value is -0.760. The van der Waals surface area contributed by atoms with Gasteiger partial charge in [-0.1, -0.05) is 20.8 Å². The highest BCUT2D eigenvalue weighted by molar-refractivity contribution is 6.18. The number of rotatable bonds is 3. The lowest BCUT2D eigenvalue weighted by Gasteiger charge is -2.30. The molecule has 2 nitrogen and oxygen atoms in total. The Morgan fingerprint density at radius 2 is 2.13 bits per heavy atom. The molecule has 0 saturated carbocycles. The Balaban J connectivity index is 2.76. The van der Waals surface area contributed by atoms with Crippen LogP contribution < -0.4 is 5.32 Å². The zero-order chi connectivity index (χ0) is 11.5. The van der Waals surface area contributed by atoms with E-state index < -0.39 is 0 Å². The third kappa shape index (κ3) is 3.71. The summed E-state index contributed by atoms with van der Waals surface area (Å²) in [5, 5.41) is 3.44. The summed E-state index contributed by atoms with van der Waals surface area (Å²) < 4.78 is 0. The van der Waals surface area contributed by atoms with E-state index in [1.54, 1.807) is 0 Å². The van der Waals surface area contributed by atoms with Gasteiger partial charge in [-0.25, -0.2) is 0 Å². The van der Waals surface area contributed by atoms with Crippen LogP contribution in [0.3, 0.4) is 0 Å². The molecule has 1 aromatic heterocycles. The molecule has 0 aliphatic heterocycles. The molecule has 3 heteroatoms. The van der Waals surface area contributed by atoms with Crippen molar-refractivity contribution in [3.8, 4) is 0 Å². The molecular formula is C12H19ClN2. The van der Waals surface area contributed by atoms with Crippen LogP contribution in [0.2, 0.25) is 0 Å². The number of anilines is 1. The van der Waals surface area contributed by atoms with Gasteiger partial charge in [-0.3, -0.25) is 4.98 Å². The zero-order valence-electron chi connectivity index (χ0n) is 9.84. The monoisotopic (exact) mass is 226 g/mol. The maximum atomic E-state index is 5.96. The molecule has 0 saturated heterocycles. The van der Waals surface area contributed by atoms with Crippen LogP contribution in [0.25, 0.3) is 0 Å². The second-order valence-corrected chi connectivity index (χ2v) is 5.21. The summed E-state index contributed by atoms with van der Waals surface area (Å²) in [6, 6.07) is 4.27. The molecule has 1 aromatic rings. The maximum Gasteiger partial charge on any atom is 0.0445 e. The van der Waals surface area contributed by atoms with E-state index in [2.05, 4.69) is 31.1 Å². The second-order valence-electron chi connectivity index (χ2n) is 4.90. The number of nitrogens with zero attached hydrogens (tertiary/aromatic N) is 1. The highest BCUT2D eigenvalue weighted by Crippen LogP contribution is 2.24. The summed E-state index contributed by atoms with van der Waals surface area (Å²) in [6.07, 6.45) is 1.81. The lowest BCUT2D eigenvalue weighted by atomic mass is 9.88. The number of hydrogen-bond acceptors (Lipinski definition) is 2. The van der Waals surface area contributed by atoms with Gasteiger partial charge in [0, 0.05) is 29.5 Å². The average molecular weight is 227 g/mol. The van der Waals surface area contributed by atoms with Crippen molar-refractivity contribution < 1.29 is 0 Å². The Morgan fingerprint density at radius 3 is 2.60 bits per heavy atom. The maximum absolute atomic E-state index is 5.96. The van der Waals surface area contributed by atoms with Gasteiger partial charge < -0.3 is 5.32 Å². The number of hydrogen-bond donors (Lipinski definition) is 1. The van der Waals surface area contributed by atoms with Crippen molar-refractivity contribution in [1.29, 1.82) is 0 Å². The van der Waals surface area contributed by atoms with Gasteiger partial charge in [0.25, 0.3) is 0 Å². The highest BCUT2D eigenvalue weighted by atomic mass is 35.5. The van der Waals surface area contributed by atoms with Crippen LogP contribution in [0, 0.1) is 12.3 Å². The molecule has 0 aliphatic rings. The van der Waals surface area contributed by atoms with Crippen LogP contribution in [0.4, 0.5) is 5.69 Å². The van der Waals surface area contributed by atoms with Crippen LogP contribution in [0.1, 0.15) is 26.5 Å². The Labute approximate surface area is 97.1 Å². The first-order valence-electron chi connectivity index (χ1n) is 5.18. The lowest BCUT2D eigenvalue weighted by molar-refractivity contribution is 0.362. The second kappa shape index (κ2) is 4.84. The van der Waals surface area contributed by atoms with Gasteiger partial charge in [0.2, 0.25) is 0 Å². The molecule has 0 spiro atoms. The van der Waals surface area contributed by atoms with Gasteiger partial charge in [0.15, 0.2) is 0 Å². The minimum atomic E-state index is 0.152. The normalized spacial score (nSPS) is 13.7. The molecule has 1 N–H and O–H groups in total. The van der Waals surface area contributed by atoms with Crippen molar-refractivity contribution in [2.24, 2.45) is 5.41 Å². The first kappa shape index (κ1) is 12.3. The van der Waals surface area contributed by atoms with Crippen molar-refractivity contribution in [2.75, 3.05) is 11.2 Å². The molecule has 0 fully saturated rings. The number of alkyl halides is 1. The summed E-state index contributed by atoms with van der Waals surface area (Å²) >= 11 is 5.96. The molecule has 1 unspecified atom stereocenters. The van der Waals surface area contributed by atoms with Gasteiger partial charge >= 0.3 is 0 Å². The van der Waals surface area contributed by atoms with Gasteiger partial charge in [0.05, 0.1) is 0 Å². The molecule has 15 heavy (non-hydrogen) atoms. The Kier molecular flexibility index (Phi) is 3.97. The van der Waals surface area contributed by atoms with E-state index in [0.29, 0.717) is 5.88 Å². The van der Waals surface area contributed by atoms with E-state index >= 15 is 0 Å². The fourth-order valence-electron chi connectivity index (χ4n) is 1.32.